The summed E-state index contributed by atoms with van der Waals surface area (Å²) in [5, 5.41) is 6.84. The predicted octanol–water partition coefficient (Wildman–Crippen LogP) is 1.95. The zero-order valence-electron chi connectivity index (χ0n) is 12.7. The van der Waals surface area contributed by atoms with Gasteiger partial charge in [-0.3, -0.25) is 4.79 Å². The van der Waals surface area contributed by atoms with Crippen LogP contribution in [0.15, 0.2) is 0 Å². The lowest BCUT2D eigenvalue weighted by molar-refractivity contribution is 0.0944. The van der Waals surface area contributed by atoms with Gasteiger partial charge in [0, 0.05) is 13.2 Å². The lowest BCUT2D eigenvalue weighted by Crippen LogP contribution is -2.33. The smallest absolute Gasteiger partial charge is 0.258 e. The third-order valence-corrected chi connectivity index (χ3v) is 3.63. The fraction of sp³-hybridized carbons (Fsp3) is 0.692. The van der Waals surface area contributed by atoms with Crippen LogP contribution in [0.3, 0.4) is 0 Å². The number of rotatable bonds is 7. The molecule has 0 bridgehead atoms. The van der Waals surface area contributed by atoms with E-state index in [1.54, 1.807) is 7.11 Å². The van der Waals surface area contributed by atoms with Gasteiger partial charge in [-0.15, -0.1) is 0 Å². The molecule has 0 spiro atoms. The van der Waals surface area contributed by atoms with Crippen LogP contribution in [-0.2, 0) is 4.74 Å². The second-order valence-corrected chi connectivity index (χ2v) is 6.12. The number of nitrogens with zero attached hydrogens (tertiary/aromatic N) is 1. The number of hydrogen-bond acceptors (Lipinski definition) is 6. The van der Waals surface area contributed by atoms with Crippen molar-refractivity contribution in [1.82, 2.24) is 9.69 Å². The van der Waals surface area contributed by atoms with Crippen molar-refractivity contribution in [3.8, 4) is 0 Å². The number of anilines is 2. The van der Waals surface area contributed by atoms with E-state index in [1.165, 1.54) is 11.5 Å². The van der Waals surface area contributed by atoms with Crippen molar-refractivity contribution in [3.05, 3.63) is 5.56 Å². The standard InChI is InChI=1S/C13H24N4O2S/c1-7(2)9(6-19-5)16-13-10(11(14)17-20-13)12(18)15-8(3)4/h7-9,16H,6H2,1-5H3,(H2,14,17)(H,15,18). The average Bonchev–Trinajstić information content (AvgIpc) is 2.68. The third-order valence-electron chi connectivity index (χ3n) is 2.83. The van der Waals surface area contributed by atoms with Crippen molar-refractivity contribution in [2.45, 2.75) is 39.8 Å². The number of ether oxygens (including phenoxy) is 1. The molecule has 1 rings (SSSR count). The number of carbonyl (C=O) groups is 1. The van der Waals surface area contributed by atoms with Gasteiger partial charge in [0.05, 0.1) is 12.6 Å². The molecule has 0 aromatic carbocycles. The van der Waals surface area contributed by atoms with E-state index in [9.17, 15) is 4.79 Å². The van der Waals surface area contributed by atoms with Crippen molar-refractivity contribution in [3.63, 3.8) is 0 Å². The lowest BCUT2D eigenvalue weighted by Gasteiger charge is -2.22. The van der Waals surface area contributed by atoms with E-state index in [1.807, 2.05) is 13.8 Å². The maximum absolute atomic E-state index is 12.2. The Morgan fingerprint density at radius 1 is 1.40 bits per heavy atom. The molecule has 20 heavy (non-hydrogen) atoms. The first-order valence-electron chi connectivity index (χ1n) is 6.68. The molecule has 1 aromatic heterocycles. The van der Waals surface area contributed by atoms with Gasteiger partial charge in [-0.05, 0) is 31.3 Å². The molecule has 1 amide bonds. The summed E-state index contributed by atoms with van der Waals surface area (Å²) in [5.41, 5.74) is 6.23. The third kappa shape index (κ3) is 4.35. The van der Waals surface area contributed by atoms with Crippen molar-refractivity contribution >= 4 is 28.3 Å². The molecule has 1 unspecified atom stereocenters. The molecule has 7 heteroatoms. The van der Waals surface area contributed by atoms with Crippen LogP contribution in [0.2, 0.25) is 0 Å². The number of aromatic nitrogens is 1. The summed E-state index contributed by atoms with van der Waals surface area (Å²) in [6.07, 6.45) is 0. The molecule has 6 nitrogen and oxygen atoms in total. The van der Waals surface area contributed by atoms with Gasteiger partial charge in [0.25, 0.3) is 5.91 Å². The summed E-state index contributed by atoms with van der Waals surface area (Å²) in [7, 11) is 1.66. The highest BCUT2D eigenvalue weighted by molar-refractivity contribution is 7.11. The first-order chi connectivity index (χ1) is 9.36. The van der Waals surface area contributed by atoms with Crippen LogP contribution in [-0.4, -0.2) is 36.1 Å². The van der Waals surface area contributed by atoms with Gasteiger partial charge < -0.3 is 21.1 Å². The zero-order chi connectivity index (χ0) is 15.3. The Labute approximate surface area is 124 Å². The van der Waals surface area contributed by atoms with Gasteiger partial charge in [-0.2, -0.15) is 4.37 Å². The molecule has 1 heterocycles. The Morgan fingerprint density at radius 2 is 2.05 bits per heavy atom. The maximum atomic E-state index is 12.2. The number of nitrogen functional groups attached to an aromatic ring is 1. The van der Waals surface area contributed by atoms with E-state index in [0.29, 0.717) is 23.1 Å². The zero-order valence-corrected chi connectivity index (χ0v) is 13.5. The minimum absolute atomic E-state index is 0.0505. The van der Waals surface area contributed by atoms with Crippen molar-refractivity contribution in [1.29, 1.82) is 0 Å². The van der Waals surface area contributed by atoms with E-state index < -0.39 is 0 Å². The highest BCUT2D eigenvalue weighted by atomic mass is 32.1. The van der Waals surface area contributed by atoms with Crippen LogP contribution in [0, 0.1) is 5.92 Å². The van der Waals surface area contributed by atoms with Gasteiger partial charge in [-0.25, -0.2) is 0 Å². The number of carbonyl (C=O) groups excluding carboxylic acids is 1. The average molecular weight is 300 g/mol. The Hall–Kier alpha value is -1.34. The Balaban J connectivity index is 2.93. The molecule has 4 N–H and O–H groups in total. The van der Waals surface area contributed by atoms with E-state index in [-0.39, 0.29) is 23.8 Å². The molecule has 1 aromatic rings. The highest BCUT2D eigenvalue weighted by Gasteiger charge is 2.23. The lowest BCUT2D eigenvalue weighted by atomic mass is 10.1. The first-order valence-corrected chi connectivity index (χ1v) is 7.45. The Morgan fingerprint density at radius 3 is 2.55 bits per heavy atom. The SMILES string of the molecule is COCC(Nc1snc(N)c1C(=O)NC(C)C)C(C)C. The summed E-state index contributed by atoms with van der Waals surface area (Å²) < 4.78 is 9.27. The molecule has 0 radical (unpaired) electrons. The quantitative estimate of drug-likeness (QED) is 0.716. The maximum Gasteiger partial charge on any atom is 0.258 e. The fourth-order valence-electron chi connectivity index (χ4n) is 1.70. The van der Waals surface area contributed by atoms with Crippen LogP contribution < -0.4 is 16.4 Å². The minimum Gasteiger partial charge on any atom is -0.383 e. The minimum atomic E-state index is -0.200. The first kappa shape index (κ1) is 16.7. The van der Waals surface area contributed by atoms with Gasteiger partial charge in [0.15, 0.2) is 5.82 Å². The predicted molar refractivity (Wildman–Crippen MR) is 83.3 cm³/mol. The van der Waals surface area contributed by atoms with Gasteiger partial charge in [0.2, 0.25) is 0 Å². The Kier molecular flexibility index (Phi) is 6.22. The molecule has 0 aliphatic rings. The number of hydrogen-bond donors (Lipinski definition) is 3. The summed E-state index contributed by atoms with van der Waals surface area (Å²) in [4.78, 5) is 12.2. The number of methoxy groups -OCH3 is 1. The van der Waals surface area contributed by atoms with Gasteiger partial charge in [-0.1, -0.05) is 13.8 Å². The summed E-state index contributed by atoms with van der Waals surface area (Å²) in [6, 6.07) is 0.153. The topological polar surface area (TPSA) is 89.3 Å². The van der Waals surface area contributed by atoms with Crippen LogP contribution in [0.5, 0.6) is 0 Å². The van der Waals surface area contributed by atoms with E-state index >= 15 is 0 Å². The van der Waals surface area contributed by atoms with Crippen LogP contribution in [0.25, 0.3) is 0 Å². The fourth-order valence-corrected chi connectivity index (χ4v) is 2.48. The second-order valence-electron chi connectivity index (χ2n) is 5.35. The van der Waals surface area contributed by atoms with Crippen molar-refractivity contribution in [2.75, 3.05) is 24.8 Å². The van der Waals surface area contributed by atoms with Crippen LogP contribution in [0.1, 0.15) is 38.1 Å². The van der Waals surface area contributed by atoms with Crippen LogP contribution in [0.4, 0.5) is 10.8 Å². The Bertz CT molecular complexity index is 446. The van der Waals surface area contributed by atoms with E-state index in [0.717, 1.165) is 0 Å². The van der Waals surface area contributed by atoms with Crippen molar-refractivity contribution in [2.24, 2.45) is 5.92 Å². The van der Waals surface area contributed by atoms with E-state index in [4.69, 9.17) is 10.5 Å². The largest absolute Gasteiger partial charge is 0.383 e. The summed E-state index contributed by atoms with van der Waals surface area (Å²) in [5.74, 6) is 0.420. The molecule has 0 fully saturated rings. The normalized spacial score (nSPS) is 12.8. The van der Waals surface area contributed by atoms with Crippen molar-refractivity contribution < 1.29 is 9.53 Å². The summed E-state index contributed by atoms with van der Waals surface area (Å²) in [6.45, 7) is 8.55. The molecular weight excluding hydrogens is 276 g/mol. The second kappa shape index (κ2) is 7.44. The molecule has 114 valence electrons. The molecule has 0 aliphatic heterocycles. The summed E-state index contributed by atoms with van der Waals surface area (Å²) >= 11 is 1.20. The molecule has 0 saturated heterocycles. The molecule has 1 atom stereocenters. The number of amides is 1. The highest BCUT2D eigenvalue weighted by Crippen LogP contribution is 2.28. The molecule has 0 saturated carbocycles. The van der Waals surface area contributed by atoms with Gasteiger partial charge in [0.1, 0.15) is 10.6 Å². The number of nitrogens with one attached hydrogen (secondary N) is 2. The van der Waals surface area contributed by atoms with Gasteiger partial charge >= 0.3 is 0 Å². The molecule has 0 aliphatic carbocycles. The molecular formula is C13H24N4O2S. The van der Waals surface area contributed by atoms with Crippen LogP contribution >= 0.6 is 11.5 Å². The monoisotopic (exact) mass is 300 g/mol. The van der Waals surface area contributed by atoms with E-state index in [2.05, 4.69) is 28.9 Å². The number of nitrogens with two attached hydrogens (primary N) is 1.